The zero-order valence-corrected chi connectivity index (χ0v) is 19.5. The summed E-state index contributed by atoms with van der Waals surface area (Å²) in [4.78, 5) is 22.8. The van der Waals surface area contributed by atoms with E-state index in [9.17, 15) is 4.79 Å². The summed E-state index contributed by atoms with van der Waals surface area (Å²) in [5.41, 5.74) is 0. The molecule has 0 spiro atoms. The van der Waals surface area contributed by atoms with Crippen LogP contribution in [0.25, 0.3) is 0 Å². The number of aromatic nitrogens is 1. The van der Waals surface area contributed by atoms with Gasteiger partial charge in [-0.3, -0.25) is 9.69 Å². The Hall–Kier alpha value is -0.110. The molecule has 27 heavy (non-hydrogen) atoms. The fourth-order valence-electron chi connectivity index (χ4n) is 3.79. The number of nitrogens with one attached hydrogen (secondary N) is 1. The molecule has 3 heterocycles. The van der Waals surface area contributed by atoms with Gasteiger partial charge in [0.25, 0.3) is 0 Å². The van der Waals surface area contributed by atoms with Crippen LogP contribution in [0.4, 0.5) is 0 Å². The Labute approximate surface area is 185 Å². The molecule has 0 radical (unpaired) electrons. The second kappa shape index (κ2) is 13.2. The fraction of sp³-hybridized carbons (Fsp3) is 0.778. The summed E-state index contributed by atoms with van der Waals surface area (Å²) < 4.78 is 0. The van der Waals surface area contributed by atoms with E-state index in [1.54, 1.807) is 11.3 Å². The van der Waals surface area contributed by atoms with Gasteiger partial charge in [-0.1, -0.05) is 6.92 Å². The van der Waals surface area contributed by atoms with Gasteiger partial charge in [-0.15, -0.1) is 48.6 Å². The van der Waals surface area contributed by atoms with Gasteiger partial charge in [0.2, 0.25) is 5.91 Å². The van der Waals surface area contributed by atoms with Crippen LogP contribution in [0, 0.1) is 18.8 Å². The maximum Gasteiger partial charge on any atom is 0.222 e. The van der Waals surface area contributed by atoms with Gasteiger partial charge in [0.1, 0.15) is 0 Å². The maximum absolute atomic E-state index is 12.6. The van der Waals surface area contributed by atoms with Gasteiger partial charge in [0.05, 0.1) is 5.01 Å². The number of aryl methyl sites for hydroxylation is 1. The quantitative estimate of drug-likeness (QED) is 0.733. The number of carbonyl (C=O) groups excluding carboxylic acids is 1. The summed E-state index contributed by atoms with van der Waals surface area (Å²) in [5, 5.41) is 4.59. The third kappa shape index (κ3) is 8.03. The van der Waals surface area contributed by atoms with Gasteiger partial charge in [0, 0.05) is 50.2 Å². The molecule has 2 unspecified atom stereocenters. The highest BCUT2D eigenvalue weighted by molar-refractivity contribution is 7.11. The Kier molecular flexibility index (Phi) is 13.1. The van der Waals surface area contributed by atoms with E-state index in [-0.39, 0.29) is 37.2 Å². The average molecular weight is 460 g/mol. The van der Waals surface area contributed by atoms with E-state index in [0.717, 1.165) is 50.8 Å². The molecule has 0 aliphatic carbocycles. The molecule has 3 rings (SSSR count). The van der Waals surface area contributed by atoms with Crippen molar-refractivity contribution in [1.29, 1.82) is 0 Å². The monoisotopic (exact) mass is 458 g/mol. The number of rotatable bonds is 5. The average Bonchev–Trinajstić information content (AvgIpc) is 3.01. The molecule has 9 heteroatoms. The number of piperidine rings is 1. The number of amides is 1. The van der Waals surface area contributed by atoms with Gasteiger partial charge in [0.15, 0.2) is 0 Å². The Morgan fingerprint density at radius 2 is 2.00 bits per heavy atom. The van der Waals surface area contributed by atoms with Gasteiger partial charge in [-0.2, -0.15) is 0 Å². The van der Waals surface area contributed by atoms with Crippen molar-refractivity contribution in [2.75, 3.05) is 39.3 Å². The highest BCUT2D eigenvalue weighted by atomic mass is 35.5. The second-order valence-corrected chi connectivity index (χ2v) is 8.61. The van der Waals surface area contributed by atoms with E-state index in [0.29, 0.717) is 24.2 Å². The van der Waals surface area contributed by atoms with E-state index in [4.69, 9.17) is 0 Å². The van der Waals surface area contributed by atoms with E-state index < -0.39 is 0 Å². The second-order valence-electron chi connectivity index (χ2n) is 7.29. The third-order valence-electron chi connectivity index (χ3n) is 5.41. The smallest absolute Gasteiger partial charge is 0.222 e. The first-order chi connectivity index (χ1) is 11.6. The SMILES string of the molecule is Cc1ncc(CN2CCN(C(=O)CC(C)C3CCCNC3)CC2)s1.Cl.Cl.Cl. The molecule has 2 atom stereocenters. The molecule has 2 saturated heterocycles. The van der Waals surface area contributed by atoms with E-state index >= 15 is 0 Å². The first kappa shape index (κ1) is 26.9. The Bertz CT molecular complexity index is 546. The standard InChI is InChI=1S/C18H30N4OS.3ClH/c1-14(16-4-3-5-19-11-16)10-18(23)22-8-6-21(7-9-22)13-17-12-20-15(2)24-17;;;/h12,14,16,19H,3-11,13H2,1-2H3;3*1H. The lowest BCUT2D eigenvalue weighted by Gasteiger charge is -2.36. The van der Waals surface area contributed by atoms with E-state index in [2.05, 4.69) is 27.0 Å². The van der Waals surface area contributed by atoms with Gasteiger partial charge in [-0.05, 0) is 44.7 Å². The summed E-state index contributed by atoms with van der Waals surface area (Å²) in [6.45, 7) is 11.2. The Morgan fingerprint density at radius 3 is 2.56 bits per heavy atom. The zero-order valence-electron chi connectivity index (χ0n) is 16.2. The number of thiazole rings is 1. The molecule has 158 valence electrons. The van der Waals surface area contributed by atoms with E-state index in [1.165, 1.54) is 17.7 Å². The maximum atomic E-state index is 12.6. The lowest BCUT2D eigenvalue weighted by atomic mass is 9.85. The summed E-state index contributed by atoms with van der Waals surface area (Å²) in [6.07, 6.45) is 5.21. The number of hydrogen-bond donors (Lipinski definition) is 1. The van der Waals surface area contributed by atoms with Gasteiger partial charge in [-0.25, -0.2) is 4.98 Å². The van der Waals surface area contributed by atoms with Crippen molar-refractivity contribution in [2.24, 2.45) is 11.8 Å². The van der Waals surface area contributed by atoms with Gasteiger partial charge < -0.3 is 10.2 Å². The predicted octanol–water partition coefficient (Wildman–Crippen LogP) is 3.39. The zero-order chi connectivity index (χ0) is 16.9. The van der Waals surface area contributed by atoms with Gasteiger partial charge >= 0.3 is 0 Å². The van der Waals surface area contributed by atoms with Crippen LogP contribution in [-0.4, -0.2) is 60.0 Å². The molecular weight excluding hydrogens is 427 g/mol. The molecule has 0 aromatic carbocycles. The largest absolute Gasteiger partial charge is 0.340 e. The topological polar surface area (TPSA) is 48.5 Å². The normalized spacial score (nSPS) is 21.4. The van der Waals surface area contributed by atoms with Crippen LogP contribution in [0.3, 0.4) is 0 Å². The number of carbonyl (C=O) groups is 1. The summed E-state index contributed by atoms with van der Waals surface area (Å²) in [5.74, 6) is 1.50. The summed E-state index contributed by atoms with van der Waals surface area (Å²) in [7, 11) is 0. The minimum atomic E-state index is 0. The van der Waals surface area contributed by atoms with Crippen LogP contribution in [0.1, 0.15) is 36.1 Å². The molecule has 1 N–H and O–H groups in total. The molecule has 1 amide bonds. The number of nitrogens with zero attached hydrogens (tertiary/aromatic N) is 3. The minimum Gasteiger partial charge on any atom is -0.340 e. The molecule has 2 fully saturated rings. The van der Waals surface area contributed by atoms with Crippen LogP contribution in [0.2, 0.25) is 0 Å². The highest BCUT2D eigenvalue weighted by Crippen LogP contribution is 2.23. The lowest BCUT2D eigenvalue weighted by molar-refractivity contribution is -0.134. The van der Waals surface area contributed by atoms with Crippen molar-refractivity contribution < 1.29 is 4.79 Å². The molecule has 1 aromatic rings. The third-order valence-corrected chi connectivity index (χ3v) is 6.31. The highest BCUT2D eigenvalue weighted by Gasteiger charge is 2.26. The minimum absolute atomic E-state index is 0. The lowest BCUT2D eigenvalue weighted by Crippen LogP contribution is -2.48. The van der Waals surface area contributed by atoms with Crippen LogP contribution in [0.15, 0.2) is 6.20 Å². The molecule has 2 aliphatic heterocycles. The first-order valence-electron chi connectivity index (χ1n) is 9.24. The molecule has 2 aliphatic rings. The fourth-order valence-corrected chi connectivity index (χ4v) is 4.63. The molecule has 5 nitrogen and oxygen atoms in total. The molecule has 0 saturated carbocycles. The number of piperazine rings is 1. The van der Waals surface area contributed by atoms with Crippen LogP contribution < -0.4 is 5.32 Å². The van der Waals surface area contributed by atoms with Crippen molar-refractivity contribution in [3.8, 4) is 0 Å². The molecule has 0 bridgehead atoms. The van der Waals surface area contributed by atoms with Crippen LogP contribution in [-0.2, 0) is 11.3 Å². The van der Waals surface area contributed by atoms with Crippen molar-refractivity contribution in [3.05, 3.63) is 16.1 Å². The summed E-state index contributed by atoms with van der Waals surface area (Å²) >= 11 is 1.77. The van der Waals surface area contributed by atoms with Crippen LogP contribution >= 0.6 is 48.6 Å². The Balaban J connectivity index is 0.00000225. The Morgan fingerprint density at radius 1 is 1.30 bits per heavy atom. The van der Waals surface area contributed by atoms with Crippen molar-refractivity contribution in [3.63, 3.8) is 0 Å². The first-order valence-corrected chi connectivity index (χ1v) is 10.1. The van der Waals surface area contributed by atoms with Crippen molar-refractivity contribution >= 4 is 54.5 Å². The number of halogens is 3. The summed E-state index contributed by atoms with van der Waals surface area (Å²) in [6, 6.07) is 0. The van der Waals surface area contributed by atoms with Crippen LogP contribution in [0.5, 0.6) is 0 Å². The van der Waals surface area contributed by atoms with Crippen molar-refractivity contribution in [1.82, 2.24) is 20.1 Å². The predicted molar refractivity (Wildman–Crippen MR) is 120 cm³/mol. The van der Waals surface area contributed by atoms with E-state index in [1.807, 2.05) is 13.1 Å². The molecular formula is C18H33Cl3N4OS. The van der Waals surface area contributed by atoms with Crippen molar-refractivity contribution in [2.45, 2.75) is 39.7 Å². The number of hydrogen-bond acceptors (Lipinski definition) is 5. The molecule has 1 aromatic heterocycles.